The molecule has 0 amide bonds. The van der Waals surface area contributed by atoms with Crippen molar-refractivity contribution in [2.45, 2.75) is 25.4 Å². The van der Waals surface area contributed by atoms with Gasteiger partial charge in [-0.15, -0.1) is 0 Å². The second kappa shape index (κ2) is 10.5. The highest BCUT2D eigenvalue weighted by Gasteiger charge is 2.21. The Labute approximate surface area is 210 Å². The molecule has 9 nitrogen and oxygen atoms in total. The molecule has 0 atom stereocenters. The minimum Gasteiger partial charge on any atom is -0.378 e. The van der Waals surface area contributed by atoms with Gasteiger partial charge in [-0.2, -0.15) is 4.98 Å². The number of likely N-dealkylation sites (tertiary alicyclic amines) is 1. The first-order valence-electron chi connectivity index (χ1n) is 12.7. The summed E-state index contributed by atoms with van der Waals surface area (Å²) in [6, 6.07) is 19.5. The summed E-state index contributed by atoms with van der Waals surface area (Å²) in [6.45, 7) is 6.56. The van der Waals surface area contributed by atoms with Crippen molar-refractivity contribution in [3.8, 4) is 0 Å². The molecular weight excluding hydrogens is 452 g/mol. The molecule has 2 aliphatic rings. The summed E-state index contributed by atoms with van der Waals surface area (Å²) in [5, 5.41) is 7.01. The van der Waals surface area contributed by atoms with Crippen molar-refractivity contribution in [1.82, 2.24) is 24.8 Å². The van der Waals surface area contributed by atoms with Crippen LogP contribution in [-0.2, 0) is 11.3 Å². The van der Waals surface area contributed by atoms with Gasteiger partial charge in [0.2, 0.25) is 5.95 Å². The molecule has 0 unspecified atom stereocenters. The third-order valence-electron chi connectivity index (χ3n) is 6.97. The van der Waals surface area contributed by atoms with E-state index in [-0.39, 0.29) is 0 Å². The zero-order chi connectivity index (χ0) is 24.2. The quantitative estimate of drug-likeness (QED) is 0.362. The first kappa shape index (κ1) is 22.8. The van der Waals surface area contributed by atoms with Crippen LogP contribution in [0, 0.1) is 0 Å². The van der Waals surface area contributed by atoms with Crippen molar-refractivity contribution in [1.29, 1.82) is 0 Å². The molecule has 4 aromatic rings. The number of nitrogens with one attached hydrogen (secondary N) is 3. The van der Waals surface area contributed by atoms with Gasteiger partial charge in [-0.3, -0.25) is 4.90 Å². The Morgan fingerprint density at radius 2 is 1.69 bits per heavy atom. The second-order valence-electron chi connectivity index (χ2n) is 9.46. The van der Waals surface area contributed by atoms with E-state index in [4.69, 9.17) is 4.74 Å². The molecule has 2 aromatic heterocycles. The summed E-state index contributed by atoms with van der Waals surface area (Å²) in [5.74, 6) is 1.47. The Balaban J connectivity index is 1.08. The maximum Gasteiger partial charge on any atom is 0.207 e. The largest absolute Gasteiger partial charge is 0.378 e. The number of ether oxygens (including phenoxy) is 1. The zero-order valence-electron chi connectivity index (χ0n) is 20.4. The van der Waals surface area contributed by atoms with Crippen LogP contribution >= 0.6 is 0 Å². The number of nitrogens with zero attached hydrogens (tertiary/aromatic N) is 5. The third kappa shape index (κ3) is 5.27. The Morgan fingerprint density at radius 3 is 2.47 bits per heavy atom. The van der Waals surface area contributed by atoms with E-state index in [1.165, 1.54) is 11.3 Å². The van der Waals surface area contributed by atoms with Crippen LogP contribution in [0.25, 0.3) is 11.2 Å². The predicted molar refractivity (Wildman–Crippen MR) is 143 cm³/mol. The standard InChI is InChI=1S/C27H32N8O/c1-2-4-20(5-3-1)18-34-12-10-22(11-13-34)30-25-24-26(29-19-28-25)33-27(32-24)31-21-6-8-23(9-7-21)35-14-16-36-17-15-35/h1-9,19,22H,10-18H2,(H3,28,29,30,31,32,33). The molecule has 36 heavy (non-hydrogen) atoms. The highest BCUT2D eigenvalue weighted by atomic mass is 16.5. The molecule has 2 aliphatic heterocycles. The van der Waals surface area contributed by atoms with Crippen molar-refractivity contribution in [2.75, 3.05) is 54.9 Å². The minimum atomic E-state index is 0.377. The SMILES string of the molecule is c1ccc(CN2CCC(Nc3ncnc4nc(Nc5ccc(N6CCOCC6)cc5)[nH]c34)CC2)cc1. The summed E-state index contributed by atoms with van der Waals surface area (Å²) >= 11 is 0. The minimum absolute atomic E-state index is 0.377. The molecule has 0 radical (unpaired) electrons. The Morgan fingerprint density at radius 1 is 0.917 bits per heavy atom. The molecule has 0 saturated carbocycles. The lowest BCUT2D eigenvalue weighted by atomic mass is 10.0. The van der Waals surface area contributed by atoms with Crippen molar-refractivity contribution < 1.29 is 4.74 Å². The van der Waals surface area contributed by atoms with Crippen LogP contribution in [0.2, 0.25) is 0 Å². The lowest BCUT2D eigenvalue weighted by molar-refractivity contribution is 0.122. The van der Waals surface area contributed by atoms with E-state index in [0.29, 0.717) is 17.6 Å². The Bertz CT molecular complexity index is 1260. The maximum absolute atomic E-state index is 5.45. The number of aromatic amines is 1. The molecule has 2 aromatic carbocycles. The molecule has 2 saturated heterocycles. The van der Waals surface area contributed by atoms with Crippen molar-refractivity contribution >= 4 is 34.3 Å². The normalized spacial score (nSPS) is 17.4. The summed E-state index contributed by atoms with van der Waals surface area (Å²) in [7, 11) is 0. The number of benzene rings is 2. The van der Waals surface area contributed by atoms with E-state index in [1.54, 1.807) is 6.33 Å². The van der Waals surface area contributed by atoms with Crippen LogP contribution in [0.4, 0.5) is 23.1 Å². The predicted octanol–water partition coefficient (Wildman–Crippen LogP) is 4.01. The van der Waals surface area contributed by atoms with Gasteiger partial charge < -0.3 is 25.3 Å². The molecule has 4 heterocycles. The van der Waals surface area contributed by atoms with Crippen LogP contribution in [0.1, 0.15) is 18.4 Å². The summed E-state index contributed by atoms with van der Waals surface area (Å²) in [6.07, 6.45) is 3.73. The number of hydrogen-bond donors (Lipinski definition) is 3. The lowest BCUT2D eigenvalue weighted by Crippen LogP contribution is -2.38. The number of hydrogen-bond acceptors (Lipinski definition) is 8. The molecule has 2 fully saturated rings. The smallest absolute Gasteiger partial charge is 0.207 e. The van der Waals surface area contributed by atoms with Gasteiger partial charge >= 0.3 is 0 Å². The molecular formula is C27H32N8O. The number of fused-ring (bicyclic) bond motifs is 1. The van der Waals surface area contributed by atoms with Gasteiger partial charge in [0.05, 0.1) is 13.2 Å². The first-order chi connectivity index (χ1) is 17.8. The summed E-state index contributed by atoms with van der Waals surface area (Å²) < 4.78 is 5.45. The van der Waals surface area contributed by atoms with Crippen LogP contribution < -0.4 is 15.5 Å². The molecule has 186 valence electrons. The number of aromatic nitrogens is 4. The van der Waals surface area contributed by atoms with E-state index in [1.807, 2.05) is 0 Å². The molecule has 0 aliphatic carbocycles. The summed E-state index contributed by atoms with van der Waals surface area (Å²) in [4.78, 5) is 21.8. The fourth-order valence-corrected chi connectivity index (χ4v) is 4.98. The van der Waals surface area contributed by atoms with Gasteiger partial charge in [0.1, 0.15) is 11.8 Å². The van der Waals surface area contributed by atoms with E-state index in [0.717, 1.165) is 75.8 Å². The molecule has 9 heteroatoms. The van der Waals surface area contributed by atoms with Gasteiger partial charge in [0, 0.05) is 50.1 Å². The van der Waals surface area contributed by atoms with E-state index < -0.39 is 0 Å². The second-order valence-corrected chi connectivity index (χ2v) is 9.46. The van der Waals surface area contributed by atoms with Gasteiger partial charge in [-0.05, 0) is 42.7 Å². The number of imidazole rings is 1. The van der Waals surface area contributed by atoms with Crippen LogP contribution in [0.15, 0.2) is 60.9 Å². The van der Waals surface area contributed by atoms with Crippen molar-refractivity contribution in [3.05, 3.63) is 66.5 Å². The van der Waals surface area contributed by atoms with Crippen molar-refractivity contribution in [2.24, 2.45) is 0 Å². The van der Waals surface area contributed by atoms with Gasteiger partial charge in [0.15, 0.2) is 11.5 Å². The van der Waals surface area contributed by atoms with Crippen LogP contribution in [0.3, 0.4) is 0 Å². The van der Waals surface area contributed by atoms with Gasteiger partial charge in [-0.25, -0.2) is 9.97 Å². The third-order valence-corrected chi connectivity index (χ3v) is 6.97. The van der Waals surface area contributed by atoms with Crippen LogP contribution in [-0.4, -0.2) is 70.3 Å². The number of morpholine rings is 1. The number of anilines is 4. The Kier molecular flexibility index (Phi) is 6.64. The highest BCUT2D eigenvalue weighted by Crippen LogP contribution is 2.25. The molecule has 3 N–H and O–H groups in total. The van der Waals surface area contributed by atoms with Crippen molar-refractivity contribution in [3.63, 3.8) is 0 Å². The van der Waals surface area contributed by atoms with E-state index in [9.17, 15) is 0 Å². The molecule has 0 bridgehead atoms. The number of rotatable bonds is 7. The summed E-state index contributed by atoms with van der Waals surface area (Å²) in [5.41, 5.74) is 5.03. The van der Waals surface area contributed by atoms with Gasteiger partial charge in [0.25, 0.3) is 0 Å². The average Bonchev–Trinajstić information content (AvgIpc) is 3.35. The van der Waals surface area contributed by atoms with E-state index >= 15 is 0 Å². The fraction of sp³-hybridized carbons (Fsp3) is 0.370. The monoisotopic (exact) mass is 484 g/mol. The fourth-order valence-electron chi connectivity index (χ4n) is 4.98. The lowest BCUT2D eigenvalue weighted by Gasteiger charge is -2.32. The van der Waals surface area contributed by atoms with Crippen LogP contribution in [0.5, 0.6) is 0 Å². The highest BCUT2D eigenvalue weighted by molar-refractivity contribution is 5.85. The topological polar surface area (TPSA) is 94.2 Å². The average molecular weight is 485 g/mol. The molecule has 0 spiro atoms. The Hall–Kier alpha value is -3.69. The molecule has 6 rings (SSSR count). The number of H-pyrrole nitrogens is 1. The van der Waals surface area contributed by atoms with Gasteiger partial charge in [-0.1, -0.05) is 30.3 Å². The van der Waals surface area contributed by atoms with E-state index in [2.05, 4.69) is 95.0 Å². The maximum atomic E-state index is 5.45. The number of piperidine rings is 1. The first-order valence-corrected chi connectivity index (χ1v) is 12.7. The zero-order valence-corrected chi connectivity index (χ0v) is 20.4.